The molecule has 2 N–H and O–H groups in total. The molecule has 0 aromatic heterocycles. The van der Waals surface area contributed by atoms with Gasteiger partial charge in [-0.3, -0.25) is 0 Å². The fraction of sp³-hybridized carbons (Fsp3) is 0.364. The largest absolute Gasteiger partial charge is 0.478 e. The van der Waals surface area contributed by atoms with Gasteiger partial charge in [0.15, 0.2) is 0 Å². The zero-order valence-corrected chi connectivity index (χ0v) is 8.27. The van der Waals surface area contributed by atoms with Gasteiger partial charge in [-0.05, 0) is 11.6 Å². The number of morpholine rings is 1. The minimum atomic E-state index is -0.891. The number of aromatic carboxylic acids is 1. The van der Waals surface area contributed by atoms with Crippen LogP contribution in [0.1, 0.15) is 22.0 Å². The summed E-state index contributed by atoms with van der Waals surface area (Å²) in [5.41, 5.74) is 1.14. The average molecular weight is 207 g/mol. The second kappa shape index (κ2) is 4.42. The summed E-state index contributed by atoms with van der Waals surface area (Å²) in [6.45, 7) is 1.98. The molecule has 1 saturated heterocycles. The van der Waals surface area contributed by atoms with E-state index in [1.54, 1.807) is 12.1 Å². The third-order valence-corrected chi connectivity index (χ3v) is 2.49. The monoisotopic (exact) mass is 207 g/mol. The zero-order chi connectivity index (χ0) is 10.7. The van der Waals surface area contributed by atoms with Gasteiger partial charge in [-0.2, -0.15) is 0 Å². The molecule has 0 saturated carbocycles. The first-order valence-corrected chi connectivity index (χ1v) is 4.92. The van der Waals surface area contributed by atoms with Crippen LogP contribution in [-0.2, 0) is 4.74 Å². The summed E-state index contributed by atoms with van der Waals surface area (Å²) in [7, 11) is 0. The normalized spacial score (nSPS) is 21.2. The van der Waals surface area contributed by atoms with E-state index < -0.39 is 5.97 Å². The Balaban J connectivity index is 2.29. The van der Waals surface area contributed by atoms with Gasteiger partial charge < -0.3 is 15.2 Å². The van der Waals surface area contributed by atoms with Gasteiger partial charge in [-0.15, -0.1) is 0 Å². The molecule has 4 nitrogen and oxygen atoms in total. The first-order chi connectivity index (χ1) is 7.29. The molecule has 0 amide bonds. The lowest BCUT2D eigenvalue weighted by molar-refractivity contribution is 0.0673. The molecular weight excluding hydrogens is 194 g/mol. The summed E-state index contributed by atoms with van der Waals surface area (Å²) in [4.78, 5) is 11.0. The van der Waals surface area contributed by atoms with Crippen molar-refractivity contribution in [2.75, 3.05) is 19.8 Å². The van der Waals surface area contributed by atoms with Gasteiger partial charge >= 0.3 is 5.97 Å². The van der Waals surface area contributed by atoms with E-state index in [0.29, 0.717) is 18.8 Å². The van der Waals surface area contributed by atoms with E-state index in [-0.39, 0.29) is 6.04 Å². The number of ether oxygens (including phenoxy) is 1. The third-order valence-electron chi connectivity index (χ3n) is 2.49. The second-order valence-electron chi connectivity index (χ2n) is 3.47. The molecule has 80 valence electrons. The van der Waals surface area contributed by atoms with Crippen LogP contribution in [0.15, 0.2) is 24.3 Å². The average Bonchev–Trinajstić information content (AvgIpc) is 2.30. The predicted molar refractivity (Wildman–Crippen MR) is 55.0 cm³/mol. The van der Waals surface area contributed by atoms with Crippen molar-refractivity contribution in [3.63, 3.8) is 0 Å². The van der Waals surface area contributed by atoms with Gasteiger partial charge in [0.25, 0.3) is 0 Å². The molecule has 1 aromatic carbocycles. The third kappa shape index (κ3) is 2.16. The highest BCUT2D eigenvalue weighted by Gasteiger charge is 2.20. The number of carbonyl (C=O) groups is 1. The molecule has 1 aromatic rings. The molecule has 1 aliphatic heterocycles. The van der Waals surface area contributed by atoms with Crippen LogP contribution in [0.5, 0.6) is 0 Å². The minimum Gasteiger partial charge on any atom is -0.478 e. The Morgan fingerprint density at radius 2 is 2.27 bits per heavy atom. The van der Waals surface area contributed by atoms with Crippen molar-refractivity contribution in [2.24, 2.45) is 0 Å². The van der Waals surface area contributed by atoms with Gasteiger partial charge in [0.1, 0.15) is 0 Å². The quantitative estimate of drug-likeness (QED) is 0.761. The van der Waals surface area contributed by atoms with Crippen LogP contribution < -0.4 is 5.32 Å². The van der Waals surface area contributed by atoms with Gasteiger partial charge in [-0.25, -0.2) is 4.79 Å². The lowest BCUT2D eigenvalue weighted by atomic mass is 10.0. The van der Waals surface area contributed by atoms with E-state index in [4.69, 9.17) is 9.84 Å². The minimum absolute atomic E-state index is 0.00829. The lowest BCUT2D eigenvalue weighted by Gasteiger charge is -2.25. The van der Waals surface area contributed by atoms with Gasteiger partial charge in [0, 0.05) is 6.54 Å². The van der Waals surface area contributed by atoms with Gasteiger partial charge in [0.2, 0.25) is 0 Å². The molecule has 4 heteroatoms. The number of carboxylic acids is 1. The molecule has 0 radical (unpaired) electrons. The molecule has 1 atom stereocenters. The molecule has 15 heavy (non-hydrogen) atoms. The zero-order valence-electron chi connectivity index (χ0n) is 8.27. The number of benzene rings is 1. The Labute approximate surface area is 87.9 Å². The molecule has 0 unspecified atom stereocenters. The van der Waals surface area contributed by atoms with Crippen molar-refractivity contribution in [1.29, 1.82) is 0 Å². The summed E-state index contributed by atoms with van der Waals surface area (Å²) in [5, 5.41) is 12.3. The number of hydrogen-bond donors (Lipinski definition) is 2. The molecule has 2 rings (SSSR count). The topological polar surface area (TPSA) is 58.6 Å². The van der Waals surface area contributed by atoms with Crippen LogP contribution in [0.4, 0.5) is 0 Å². The fourth-order valence-corrected chi connectivity index (χ4v) is 1.76. The summed E-state index contributed by atoms with van der Waals surface area (Å²) in [6.07, 6.45) is 0. The number of carboxylic acid groups (broad SMARTS) is 1. The van der Waals surface area contributed by atoms with Crippen LogP contribution in [0.2, 0.25) is 0 Å². The highest BCUT2D eigenvalue weighted by atomic mass is 16.5. The predicted octanol–water partition coefficient (Wildman–Crippen LogP) is 1.05. The summed E-state index contributed by atoms with van der Waals surface area (Å²) >= 11 is 0. The standard InChI is InChI=1S/C11H13NO3/c13-11(14)9-4-2-1-3-8(9)10-7-15-6-5-12-10/h1-4,10,12H,5-7H2,(H,13,14)/t10-/m1/s1. The van der Waals surface area contributed by atoms with E-state index in [2.05, 4.69) is 5.32 Å². The Morgan fingerprint density at radius 3 is 2.93 bits per heavy atom. The molecular formula is C11H13NO3. The van der Waals surface area contributed by atoms with Crippen LogP contribution >= 0.6 is 0 Å². The molecule has 0 bridgehead atoms. The SMILES string of the molecule is O=C(O)c1ccccc1[C@H]1COCCN1. The molecule has 0 aliphatic carbocycles. The summed E-state index contributed by atoms with van der Waals surface area (Å²) in [5.74, 6) is -0.891. The maximum absolute atomic E-state index is 11.0. The van der Waals surface area contributed by atoms with E-state index in [1.165, 1.54) is 0 Å². The van der Waals surface area contributed by atoms with Crippen LogP contribution in [0.25, 0.3) is 0 Å². The Hall–Kier alpha value is -1.39. The van der Waals surface area contributed by atoms with Crippen LogP contribution in [0.3, 0.4) is 0 Å². The van der Waals surface area contributed by atoms with Crippen molar-refractivity contribution in [3.8, 4) is 0 Å². The molecule has 1 heterocycles. The van der Waals surface area contributed by atoms with Crippen molar-refractivity contribution in [3.05, 3.63) is 35.4 Å². The lowest BCUT2D eigenvalue weighted by Crippen LogP contribution is -2.35. The maximum atomic E-state index is 11.0. The van der Waals surface area contributed by atoms with Gasteiger partial charge in [-0.1, -0.05) is 18.2 Å². The van der Waals surface area contributed by atoms with Gasteiger partial charge in [0.05, 0.1) is 24.8 Å². The van der Waals surface area contributed by atoms with Crippen molar-refractivity contribution < 1.29 is 14.6 Å². The second-order valence-corrected chi connectivity index (χ2v) is 3.47. The van der Waals surface area contributed by atoms with E-state index in [0.717, 1.165) is 12.1 Å². The highest BCUT2D eigenvalue weighted by Crippen LogP contribution is 2.20. The summed E-state index contributed by atoms with van der Waals surface area (Å²) in [6, 6.07) is 7.02. The molecule has 1 fully saturated rings. The highest BCUT2D eigenvalue weighted by molar-refractivity contribution is 5.89. The Bertz CT molecular complexity index is 359. The first-order valence-electron chi connectivity index (χ1n) is 4.92. The number of nitrogens with one attached hydrogen (secondary N) is 1. The van der Waals surface area contributed by atoms with E-state index >= 15 is 0 Å². The Kier molecular flexibility index (Phi) is 2.99. The molecule has 0 spiro atoms. The smallest absolute Gasteiger partial charge is 0.336 e. The number of hydrogen-bond acceptors (Lipinski definition) is 3. The van der Waals surface area contributed by atoms with Crippen molar-refractivity contribution in [1.82, 2.24) is 5.32 Å². The number of rotatable bonds is 2. The first kappa shape index (κ1) is 10.1. The maximum Gasteiger partial charge on any atom is 0.336 e. The van der Waals surface area contributed by atoms with Crippen LogP contribution in [0, 0.1) is 0 Å². The fourth-order valence-electron chi connectivity index (χ4n) is 1.76. The van der Waals surface area contributed by atoms with Crippen LogP contribution in [-0.4, -0.2) is 30.8 Å². The van der Waals surface area contributed by atoms with Crippen molar-refractivity contribution in [2.45, 2.75) is 6.04 Å². The van der Waals surface area contributed by atoms with E-state index in [1.807, 2.05) is 12.1 Å². The van der Waals surface area contributed by atoms with E-state index in [9.17, 15) is 4.79 Å². The summed E-state index contributed by atoms with van der Waals surface area (Å²) < 4.78 is 5.32. The Morgan fingerprint density at radius 1 is 1.47 bits per heavy atom. The molecule has 1 aliphatic rings. The van der Waals surface area contributed by atoms with Crippen molar-refractivity contribution >= 4 is 5.97 Å².